The number of carbonyl (C=O) groups is 1. The number of aromatic nitrogens is 1. The molecule has 4 rings (SSSR count). The van der Waals surface area contributed by atoms with E-state index in [1.165, 1.54) is 0 Å². The zero-order valence-corrected chi connectivity index (χ0v) is 14.4. The highest BCUT2D eigenvalue weighted by Crippen LogP contribution is 2.35. The van der Waals surface area contributed by atoms with E-state index >= 15 is 0 Å². The molecule has 24 heavy (non-hydrogen) atoms. The normalized spacial score (nSPS) is 23.1. The third kappa shape index (κ3) is 2.86. The molecule has 0 bridgehead atoms. The van der Waals surface area contributed by atoms with Crippen molar-refractivity contribution in [1.29, 1.82) is 0 Å². The number of fused-ring (bicyclic) bond motifs is 1. The molecule has 2 atom stereocenters. The Kier molecular flexibility index (Phi) is 4.14. The second kappa shape index (κ2) is 6.43. The van der Waals surface area contributed by atoms with E-state index in [0.717, 1.165) is 36.5 Å². The number of ether oxygens (including phenoxy) is 2. The standard InChI is InChI=1S/C18H20N2O3S/c1-12-11-24-17(19-12)13-6-4-5-9-20(13)18(21)16-10-22-14-7-2-3-8-15(14)23-16/h2-3,7-8,11,13,16H,4-6,9-10H2,1H3. The van der Waals surface area contributed by atoms with Crippen LogP contribution in [0, 0.1) is 6.92 Å². The highest BCUT2D eigenvalue weighted by Gasteiger charge is 2.37. The van der Waals surface area contributed by atoms with Gasteiger partial charge in [-0.1, -0.05) is 12.1 Å². The van der Waals surface area contributed by atoms with Gasteiger partial charge in [-0.05, 0) is 38.3 Å². The van der Waals surface area contributed by atoms with Crippen molar-refractivity contribution in [2.75, 3.05) is 13.2 Å². The summed E-state index contributed by atoms with van der Waals surface area (Å²) in [6, 6.07) is 7.54. The van der Waals surface area contributed by atoms with Crippen molar-refractivity contribution >= 4 is 17.2 Å². The molecule has 2 aromatic rings. The van der Waals surface area contributed by atoms with E-state index in [4.69, 9.17) is 9.47 Å². The van der Waals surface area contributed by atoms with Crippen LogP contribution in [0.3, 0.4) is 0 Å². The van der Waals surface area contributed by atoms with E-state index < -0.39 is 6.10 Å². The van der Waals surface area contributed by atoms with Crippen molar-refractivity contribution in [2.45, 2.75) is 38.3 Å². The van der Waals surface area contributed by atoms with Crippen molar-refractivity contribution in [3.63, 3.8) is 0 Å². The van der Waals surface area contributed by atoms with Crippen LogP contribution in [0.15, 0.2) is 29.6 Å². The quantitative estimate of drug-likeness (QED) is 0.838. The van der Waals surface area contributed by atoms with Gasteiger partial charge in [-0.15, -0.1) is 11.3 Å². The summed E-state index contributed by atoms with van der Waals surface area (Å²) in [4.78, 5) is 19.6. The van der Waals surface area contributed by atoms with Gasteiger partial charge >= 0.3 is 0 Å². The van der Waals surface area contributed by atoms with Crippen LogP contribution in [-0.2, 0) is 4.79 Å². The summed E-state index contributed by atoms with van der Waals surface area (Å²) >= 11 is 1.64. The molecule has 2 unspecified atom stereocenters. The minimum absolute atomic E-state index is 0.00190. The van der Waals surface area contributed by atoms with Crippen LogP contribution in [0.25, 0.3) is 0 Å². The Bertz CT molecular complexity index is 745. The maximum absolute atomic E-state index is 13.1. The van der Waals surface area contributed by atoms with Crippen LogP contribution in [0.4, 0.5) is 0 Å². The van der Waals surface area contributed by atoms with Crippen molar-refractivity contribution in [3.8, 4) is 11.5 Å². The van der Waals surface area contributed by atoms with E-state index in [1.54, 1.807) is 11.3 Å². The minimum atomic E-state index is -0.582. The van der Waals surface area contributed by atoms with Crippen molar-refractivity contribution in [3.05, 3.63) is 40.3 Å². The Morgan fingerprint density at radius 2 is 2.12 bits per heavy atom. The summed E-state index contributed by atoms with van der Waals surface area (Å²) in [6.07, 6.45) is 2.53. The topological polar surface area (TPSA) is 51.7 Å². The molecule has 0 N–H and O–H groups in total. The van der Waals surface area contributed by atoms with E-state index in [0.29, 0.717) is 11.5 Å². The van der Waals surface area contributed by atoms with Gasteiger partial charge in [0.25, 0.3) is 5.91 Å². The summed E-state index contributed by atoms with van der Waals surface area (Å²) in [7, 11) is 0. The van der Waals surface area contributed by atoms with E-state index in [-0.39, 0.29) is 18.6 Å². The molecule has 126 valence electrons. The maximum Gasteiger partial charge on any atom is 0.267 e. The molecule has 0 radical (unpaired) electrons. The van der Waals surface area contributed by atoms with Crippen molar-refractivity contribution < 1.29 is 14.3 Å². The first-order valence-corrected chi connectivity index (χ1v) is 9.21. The first-order valence-electron chi connectivity index (χ1n) is 8.33. The number of likely N-dealkylation sites (tertiary alicyclic amines) is 1. The molecule has 6 heteroatoms. The fourth-order valence-electron chi connectivity index (χ4n) is 3.30. The minimum Gasteiger partial charge on any atom is -0.485 e. The molecular formula is C18H20N2O3S. The smallest absolute Gasteiger partial charge is 0.267 e. The van der Waals surface area contributed by atoms with E-state index in [2.05, 4.69) is 4.98 Å². The summed E-state index contributed by atoms with van der Waals surface area (Å²) in [5, 5.41) is 3.07. The van der Waals surface area contributed by atoms with Crippen molar-refractivity contribution in [1.82, 2.24) is 9.88 Å². The summed E-state index contributed by atoms with van der Waals surface area (Å²) in [5.41, 5.74) is 1.01. The monoisotopic (exact) mass is 344 g/mol. The number of carbonyl (C=O) groups excluding carboxylic acids is 1. The first kappa shape index (κ1) is 15.4. The van der Waals surface area contributed by atoms with Gasteiger partial charge in [-0.3, -0.25) is 4.79 Å². The van der Waals surface area contributed by atoms with Gasteiger partial charge in [-0.2, -0.15) is 0 Å². The van der Waals surface area contributed by atoms with Gasteiger partial charge in [-0.25, -0.2) is 4.98 Å². The Labute approximate surface area is 145 Å². The molecular weight excluding hydrogens is 324 g/mol. The average molecular weight is 344 g/mol. The molecule has 0 spiro atoms. The SMILES string of the molecule is Cc1csc(C2CCCCN2C(=O)C2COc3ccccc3O2)n1. The molecule has 2 aliphatic rings. The average Bonchev–Trinajstić information content (AvgIpc) is 3.07. The third-order valence-corrected chi connectivity index (χ3v) is 5.56. The summed E-state index contributed by atoms with van der Waals surface area (Å²) in [6.45, 7) is 3.00. The zero-order chi connectivity index (χ0) is 16.5. The Balaban J connectivity index is 1.54. The highest BCUT2D eigenvalue weighted by molar-refractivity contribution is 7.09. The molecule has 3 heterocycles. The Morgan fingerprint density at radius 1 is 1.29 bits per heavy atom. The van der Waals surface area contributed by atoms with Crippen LogP contribution in [0.2, 0.25) is 0 Å². The lowest BCUT2D eigenvalue weighted by Crippen LogP contribution is -2.49. The lowest BCUT2D eigenvalue weighted by Gasteiger charge is -2.37. The molecule has 1 aromatic heterocycles. The van der Waals surface area contributed by atoms with Crippen LogP contribution < -0.4 is 9.47 Å². The number of piperidine rings is 1. The predicted molar refractivity (Wildman–Crippen MR) is 91.5 cm³/mol. The molecule has 1 amide bonds. The molecule has 2 aliphatic heterocycles. The second-order valence-corrected chi connectivity index (χ2v) is 7.12. The molecule has 0 aliphatic carbocycles. The summed E-state index contributed by atoms with van der Waals surface area (Å²) in [5.74, 6) is 1.34. The lowest BCUT2D eigenvalue weighted by molar-refractivity contribution is -0.145. The van der Waals surface area contributed by atoms with Gasteiger partial charge in [0.05, 0.1) is 6.04 Å². The Morgan fingerprint density at radius 3 is 2.92 bits per heavy atom. The number of thiazole rings is 1. The predicted octanol–water partition coefficient (Wildman–Crippen LogP) is 3.35. The van der Waals surface area contributed by atoms with Crippen LogP contribution in [0.5, 0.6) is 11.5 Å². The number of hydrogen-bond donors (Lipinski definition) is 0. The molecule has 5 nitrogen and oxygen atoms in total. The van der Waals surface area contributed by atoms with Gasteiger partial charge in [0.1, 0.15) is 11.6 Å². The number of rotatable bonds is 2. The van der Waals surface area contributed by atoms with Gasteiger partial charge in [0.15, 0.2) is 11.5 Å². The van der Waals surface area contributed by atoms with E-state index in [9.17, 15) is 4.79 Å². The first-order chi connectivity index (χ1) is 11.7. The van der Waals surface area contributed by atoms with Crippen LogP contribution in [0.1, 0.15) is 36.0 Å². The lowest BCUT2D eigenvalue weighted by atomic mass is 10.0. The number of aryl methyl sites for hydroxylation is 1. The molecule has 1 aromatic carbocycles. The number of benzene rings is 1. The third-order valence-electron chi connectivity index (χ3n) is 4.49. The van der Waals surface area contributed by atoms with Crippen LogP contribution in [-0.4, -0.2) is 35.0 Å². The summed E-state index contributed by atoms with van der Waals surface area (Å²) < 4.78 is 11.6. The zero-order valence-electron chi connectivity index (χ0n) is 13.6. The Hall–Kier alpha value is -2.08. The molecule has 0 saturated carbocycles. The van der Waals surface area contributed by atoms with Crippen LogP contribution >= 0.6 is 11.3 Å². The fraction of sp³-hybridized carbons (Fsp3) is 0.444. The van der Waals surface area contributed by atoms with E-state index in [1.807, 2.05) is 41.5 Å². The second-order valence-electron chi connectivity index (χ2n) is 6.23. The number of nitrogens with zero attached hydrogens (tertiary/aromatic N) is 2. The number of para-hydroxylation sites is 2. The van der Waals surface area contributed by atoms with Gasteiger partial charge in [0, 0.05) is 17.6 Å². The number of amides is 1. The number of hydrogen-bond acceptors (Lipinski definition) is 5. The molecule has 1 fully saturated rings. The van der Waals surface area contributed by atoms with Crippen molar-refractivity contribution in [2.24, 2.45) is 0 Å². The highest BCUT2D eigenvalue weighted by atomic mass is 32.1. The maximum atomic E-state index is 13.1. The molecule has 1 saturated heterocycles. The largest absolute Gasteiger partial charge is 0.485 e. The fourth-order valence-corrected chi connectivity index (χ4v) is 4.25. The van der Waals surface area contributed by atoms with Gasteiger partial charge < -0.3 is 14.4 Å². The van der Waals surface area contributed by atoms with Gasteiger partial charge in [0.2, 0.25) is 6.10 Å².